The van der Waals surface area contributed by atoms with Crippen LogP contribution in [-0.4, -0.2) is 33.9 Å². The molecule has 1 amide bonds. The van der Waals surface area contributed by atoms with E-state index in [1.807, 2.05) is 54.6 Å². The summed E-state index contributed by atoms with van der Waals surface area (Å²) in [7, 11) is 1.62. The van der Waals surface area contributed by atoms with Gasteiger partial charge in [0.1, 0.15) is 11.0 Å². The van der Waals surface area contributed by atoms with Crippen LogP contribution in [0.5, 0.6) is 5.75 Å². The van der Waals surface area contributed by atoms with Gasteiger partial charge >= 0.3 is 0 Å². The third-order valence-corrected chi connectivity index (χ3v) is 5.71. The van der Waals surface area contributed by atoms with Gasteiger partial charge in [0.2, 0.25) is 11.1 Å². The van der Waals surface area contributed by atoms with Gasteiger partial charge in [0.25, 0.3) is 0 Å². The Bertz CT molecular complexity index is 954. The lowest BCUT2D eigenvalue weighted by Gasteiger charge is -2.16. The number of nitrogens with zero attached hydrogens (tertiary/aromatic N) is 3. The van der Waals surface area contributed by atoms with Crippen LogP contribution in [-0.2, 0) is 4.79 Å². The van der Waals surface area contributed by atoms with Gasteiger partial charge in [-0.15, -0.1) is 10.2 Å². The number of carbonyl (C=O) groups is 1. The van der Waals surface area contributed by atoms with E-state index in [2.05, 4.69) is 15.5 Å². The highest BCUT2D eigenvalue weighted by Gasteiger charge is 2.30. The second kappa shape index (κ2) is 7.93. The third kappa shape index (κ3) is 3.96. The van der Waals surface area contributed by atoms with Crippen molar-refractivity contribution in [1.29, 1.82) is 0 Å². The zero-order valence-corrected chi connectivity index (χ0v) is 16.2. The first-order chi connectivity index (χ1) is 13.7. The molecule has 1 saturated carbocycles. The summed E-state index contributed by atoms with van der Waals surface area (Å²) in [4.78, 5) is 12.8. The minimum absolute atomic E-state index is 0.0345. The lowest BCUT2D eigenvalue weighted by atomic mass is 10.1. The van der Waals surface area contributed by atoms with E-state index in [4.69, 9.17) is 10.6 Å². The lowest BCUT2D eigenvalue weighted by Crippen LogP contribution is -2.30. The molecule has 4 rings (SSSR count). The van der Waals surface area contributed by atoms with Gasteiger partial charge in [-0.05, 0) is 42.7 Å². The number of aromatic nitrogens is 3. The van der Waals surface area contributed by atoms with Crippen molar-refractivity contribution in [1.82, 2.24) is 20.2 Å². The molecule has 1 aliphatic rings. The zero-order valence-electron chi connectivity index (χ0n) is 15.4. The number of benzene rings is 2. The maximum atomic E-state index is 12.8. The van der Waals surface area contributed by atoms with Gasteiger partial charge in [-0.2, -0.15) is 0 Å². The van der Waals surface area contributed by atoms with E-state index >= 15 is 0 Å². The molecule has 1 unspecified atom stereocenters. The maximum absolute atomic E-state index is 12.8. The first-order valence-corrected chi connectivity index (χ1v) is 9.90. The van der Waals surface area contributed by atoms with Crippen LogP contribution in [0.1, 0.15) is 23.7 Å². The Morgan fingerprint density at radius 1 is 1.18 bits per heavy atom. The Morgan fingerprint density at radius 2 is 1.89 bits per heavy atom. The van der Waals surface area contributed by atoms with Crippen molar-refractivity contribution in [3.63, 3.8) is 0 Å². The third-order valence-electron chi connectivity index (χ3n) is 4.50. The molecule has 7 nitrogen and oxygen atoms in total. The summed E-state index contributed by atoms with van der Waals surface area (Å²) >= 11 is 1.30. The second-order valence-corrected chi connectivity index (χ2v) is 7.67. The summed E-state index contributed by atoms with van der Waals surface area (Å²) in [5.74, 6) is 7.50. The van der Waals surface area contributed by atoms with Crippen LogP contribution in [0.2, 0.25) is 0 Å². The summed E-state index contributed by atoms with van der Waals surface area (Å²) in [5, 5.41) is 11.5. The highest BCUT2D eigenvalue weighted by atomic mass is 32.2. The number of rotatable bonds is 7. The fourth-order valence-electron chi connectivity index (χ4n) is 2.81. The van der Waals surface area contributed by atoms with Crippen LogP contribution in [0.3, 0.4) is 0 Å². The predicted octanol–water partition coefficient (Wildman–Crippen LogP) is 2.78. The number of nitrogens with one attached hydrogen (secondary N) is 1. The molecule has 3 aromatic rings. The summed E-state index contributed by atoms with van der Waals surface area (Å²) < 4.78 is 6.61. The minimum atomic E-state index is -0.447. The number of nitrogens with two attached hydrogens (primary N) is 1. The summed E-state index contributed by atoms with van der Waals surface area (Å²) in [6, 6.07) is 17.3. The molecule has 1 atom stereocenters. The SMILES string of the molecule is COc1ccc(-c2nnc(SC(C(=O)NC3CC3)c3ccccc3)n2N)cc1. The Hall–Kier alpha value is -3.00. The number of nitrogen functional groups attached to an aromatic ring is 1. The molecule has 28 heavy (non-hydrogen) atoms. The van der Waals surface area contributed by atoms with E-state index in [0.717, 1.165) is 29.7 Å². The number of ether oxygens (including phenoxy) is 1. The van der Waals surface area contributed by atoms with Crippen molar-refractivity contribution in [2.24, 2.45) is 0 Å². The molecule has 1 fully saturated rings. The Morgan fingerprint density at radius 3 is 2.54 bits per heavy atom. The Balaban J connectivity index is 1.59. The first kappa shape index (κ1) is 18.4. The Labute approximate surface area is 167 Å². The van der Waals surface area contributed by atoms with Gasteiger partial charge < -0.3 is 15.9 Å². The largest absolute Gasteiger partial charge is 0.497 e. The van der Waals surface area contributed by atoms with Crippen LogP contribution in [0, 0.1) is 0 Å². The molecular formula is C20H21N5O2S. The zero-order chi connectivity index (χ0) is 19.5. The van der Waals surface area contributed by atoms with E-state index < -0.39 is 5.25 Å². The molecule has 8 heteroatoms. The molecule has 0 saturated heterocycles. The van der Waals surface area contributed by atoms with Gasteiger partial charge in [0, 0.05) is 11.6 Å². The number of hydrogen-bond acceptors (Lipinski definition) is 6. The van der Waals surface area contributed by atoms with Crippen LogP contribution < -0.4 is 15.9 Å². The van der Waals surface area contributed by atoms with E-state index in [0.29, 0.717) is 11.0 Å². The molecule has 2 aromatic carbocycles. The topological polar surface area (TPSA) is 95.1 Å². The summed E-state index contributed by atoms with van der Waals surface area (Å²) in [5.41, 5.74) is 1.72. The quantitative estimate of drug-likeness (QED) is 0.472. The number of carbonyl (C=O) groups excluding carboxylic acids is 1. The fourth-order valence-corrected chi connectivity index (χ4v) is 3.77. The van der Waals surface area contributed by atoms with Crippen LogP contribution in [0.25, 0.3) is 11.4 Å². The number of hydrogen-bond donors (Lipinski definition) is 2. The molecule has 144 valence electrons. The van der Waals surface area contributed by atoms with Gasteiger partial charge in [-0.1, -0.05) is 42.1 Å². The minimum Gasteiger partial charge on any atom is -0.497 e. The van der Waals surface area contributed by atoms with Crippen LogP contribution in [0.4, 0.5) is 0 Å². The lowest BCUT2D eigenvalue weighted by molar-refractivity contribution is -0.120. The summed E-state index contributed by atoms with van der Waals surface area (Å²) in [6.07, 6.45) is 2.07. The number of methoxy groups -OCH3 is 1. The standard InChI is InChI=1S/C20H21N5O2S/c1-27-16-11-7-14(8-12-16)18-23-24-20(25(18)21)28-17(13-5-3-2-4-6-13)19(26)22-15-9-10-15/h2-8,11-12,15,17H,9-10,21H2,1H3,(H,22,26). The average molecular weight is 395 g/mol. The first-order valence-electron chi connectivity index (χ1n) is 9.02. The molecule has 3 N–H and O–H groups in total. The van der Waals surface area contributed by atoms with Crippen molar-refractivity contribution in [2.75, 3.05) is 13.0 Å². The molecular weight excluding hydrogens is 374 g/mol. The fraction of sp³-hybridized carbons (Fsp3) is 0.250. The molecule has 1 heterocycles. The van der Waals surface area contributed by atoms with Crippen molar-refractivity contribution in [2.45, 2.75) is 29.3 Å². The molecule has 0 aliphatic heterocycles. The van der Waals surface area contributed by atoms with E-state index in [1.54, 1.807) is 7.11 Å². The molecule has 0 radical (unpaired) electrons. The number of amides is 1. The smallest absolute Gasteiger partial charge is 0.238 e. The van der Waals surface area contributed by atoms with E-state index in [9.17, 15) is 4.79 Å². The van der Waals surface area contributed by atoms with E-state index in [-0.39, 0.29) is 11.9 Å². The normalized spacial score (nSPS) is 14.5. The predicted molar refractivity (Wildman–Crippen MR) is 108 cm³/mol. The molecule has 0 spiro atoms. The van der Waals surface area contributed by atoms with Crippen molar-refractivity contribution in [3.8, 4) is 17.1 Å². The van der Waals surface area contributed by atoms with E-state index in [1.165, 1.54) is 16.4 Å². The van der Waals surface area contributed by atoms with Crippen LogP contribution in [0.15, 0.2) is 59.8 Å². The number of thioether (sulfide) groups is 1. The van der Waals surface area contributed by atoms with Crippen molar-refractivity contribution < 1.29 is 9.53 Å². The van der Waals surface area contributed by atoms with Crippen molar-refractivity contribution in [3.05, 3.63) is 60.2 Å². The van der Waals surface area contributed by atoms with Gasteiger partial charge in [-0.25, -0.2) is 4.68 Å². The molecule has 1 aromatic heterocycles. The summed E-state index contributed by atoms with van der Waals surface area (Å²) in [6.45, 7) is 0. The second-order valence-electron chi connectivity index (χ2n) is 6.60. The van der Waals surface area contributed by atoms with Crippen LogP contribution >= 0.6 is 11.8 Å². The van der Waals surface area contributed by atoms with Crippen molar-refractivity contribution >= 4 is 17.7 Å². The Kier molecular flexibility index (Phi) is 5.21. The maximum Gasteiger partial charge on any atom is 0.238 e. The van der Waals surface area contributed by atoms with Gasteiger partial charge in [0.15, 0.2) is 5.82 Å². The monoisotopic (exact) mass is 395 g/mol. The highest BCUT2D eigenvalue weighted by molar-refractivity contribution is 8.00. The van der Waals surface area contributed by atoms with Gasteiger partial charge in [0.05, 0.1) is 7.11 Å². The average Bonchev–Trinajstić information content (AvgIpc) is 3.47. The molecule has 0 bridgehead atoms. The highest BCUT2D eigenvalue weighted by Crippen LogP contribution is 2.36. The van der Waals surface area contributed by atoms with Gasteiger partial charge in [-0.3, -0.25) is 4.79 Å². The molecule has 1 aliphatic carbocycles.